The normalized spacial score (nSPS) is 24.1. The monoisotopic (exact) mass is 511 g/mol. The minimum Gasteiger partial charge on any atom is -0.497 e. The molecule has 1 N–H and O–H groups in total. The van der Waals surface area contributed by atoms with Gasteiger partial charge in [0.25, 0.3) is 0 Å². The van der Waals surface area contributed by atoms with Crippen molar-refractivity contribution in [2.24, 2.45) is 11.8 Å². The van der Waals surface area contributed by atoms with Crippen LogP contribution in [-0.4, -0.2) is 42.2 Å². The Bertz CT molecular complexity index is 1270. The Kier molecular flexibility index (Phi) is 6.87. The lowest BCUT2D eigenvalue weighted by Crippen LogP contribution is -2.55. The number of hydrogen-bond donors (Lipinski definition) is 1. The van der Waals surface area contributed by atoms with Crippen LogP contribution in [0.3, 0.4) is 0 Å². The summed E-state index contributed by atoms with van der Waals surface area (Å²) in [7, 11) is 1.64. The van der Waals surface area contributed by atoms with E-state index in [1.54, 1.807) is 31.5 Å². The van der Waals surface area contributed by atoms with E-state index in [9.17, 15) is 4.79 Å². The highest BCUT2D eigenvalue weighted by atomic mass is 35.5. The van der Waals surface area contributed by atoms with Crippen molar-refractivity contribution in [1.82, 2.24) is 9.88 Å². The Morgan fingerprint density at radius 3 is 2.80 bits per heavy atom. The Labute approximate surface area is 214 Å². The number of nitrogens with zero attached hydrogens (tertiary/aromatic N) is 2. The summed E-state index contributed by atoms with van der Waals surface area (Å²) in [5.74, 6) is 1.71. The van der Waals surface area contributed by atoms with Crippen LogP contribution in [0.4, 0.5) is 10.5 Å². The highest BCUT2D eigenvalue weighted by Crippen LogP contribution is 2.43. The van der Waals surface area contributed by atoms with Crippen molar-refractivity contribution in [3.63, 3.8) is 0 Å². The van der Waals surface area contributed by atoms with Gasteiger partial charge in [0.15, 0.2) is 0 Å². The van der Waals surface area contributed by atoms with Crippen molar-refractivity contribution in [3.05, 3.63) is 76.9 Å². The molecule has 3 aliphatic rings. The number of carbonyl (C=O) groups excluding carboxylic acids is 1. The summed E-state index contributed by atoms with van der Waals surface area (Å²) in [6, 6.07) is 12.7. The number of hydrogen-bond acceptors (Lipinski definition) is 5. The number of nitrogens with one attached hydrogen (secondary N) is 1. The maximum absolute atomic E-state index is 13.1. The number of benzene rings is 2. The van der Waals surface area contributed by atoms with Crippen molar-refractivity contribution in [2.45, 2.75) is 25.0 Å². The molecule has 6 nitrogen and oxygen atoms in total. The molecule has 0 radical (unpaired) electrons. The molecule has 3 saturated heterocycles. The maximum atomic E-state index is 13.1. The molecule has 2 bridgehead atoms. The minimum absolute atomic E-state index is 0.0429. The van der Waals surface area contributed by atoms with E-state index < -0.39 is 12.2 Å². The fourth-order valence-corrected chi connectivity index (χ4v) is 5.70. The highest BCUT2D eigenvalue weighted by Gasteiger charge is 2.44. The van der Waals surface area contributed by atoms with E-state index >= 15 is 0 Å². The summed E-state index contributed by atoms with van der Waals surface area (Å²) >= 11 is 12.1. The number of fused-ring (bicyclic) bond motifs is 4. The molecule has 1 aromatic heterocycles. The van der Waals surface area contributed by atoms with Crippen LogP contribution in [0.25, 0.3) is 10.9 Å². The van der Waals surface area contributed by atoms with Crippen LogP contribution in [0, 0.1) is 11.8 Å². The molecule has 4 heterocycles. The third-order valence-corrected chi connectivity index (χ3v) is 7.93. The third-order valence-electron chi connectivity index (χ3n) is 7.19. The molecule has 3 fully saturated rings. The van der Waals surface area contributed by atoms with E-state index in [-0.39, 0.29) is 6.04 Å². The third kappa shape index (κ3) is 4.83. The van der Waals surface area contributed by atoms with Crippen molar-refractivity contribution in [1.29, 1.82) is 0 Å². The van der Waals surface area contributed by atoms with E-state index in [0.717, 1.165) is 48.1 Å². The molecule has 5 atom stereocenters. The average molecular weight is 512 g/mol. The zero-order valence-corrected chi connectivity index (χ0v) is 20.9. The predicted octanol–water partition coefficient (Wildman–Crippen LogP) is 6.74. The first kappa shape index (κ1) is 23.9. The van der Waals surface area contributed by atoms with Gasteiger partial charge >= 0.3 is 6.09 Å². The van der Waals surface area contributed by atoms with Crippen LogP contribution in [-0.2, 0) is 4.74 Å². The zero-order valence-electron chi connectivity index (χ0n) is 19.4. The standard InChI is InChI=1S/C27H27Cl2N3O3/c1-3-16-15-32-11-9-17(16)12-25(32)26(35-27(33)31-18-4-6-22(28)23(29)13-18)20-8-10-30-24-7-5-19(34-2)14-21(20)24/h3-8,10,13-14,16-17,25-26H,1,9,11-12,15H2,2H3,(H,31,33)/t16-,17-,25-,26+/m0/s1. The number of amides is 1. The second-order valence-electron chi connectivity index (χ2n) is 9.11. The summed E-state index contributed by atoms with van der Waals surface area (Å²) < 4.78 is 11.7. The van der Waals surface area contributed by atoms with Gasteiger partial charge < -0.3 is 9.47 Å². The quantitative estimate of drug-likeness (QED) is 0.371. The van der Waals surface area contributed by atoms with Gasteiger partial charge in [-0.2, -0.15) is 0 Å². The Balaban J connectivity index is 1.50. The minimum atomic E-state index is -0.552. The van der Waals surface area contributed by atoms with Crippen molar-refractivity contribution < 1.29 is 14.3 Å². The second-order valence-corrected chi connectivity index (χ2v) is 9.92. The number of methoxy groups -OCH3 is 1. The predicted molar refractivity (Wildman–Crippen MR) is 139 cm³/mol. The highest BCUT2D eigenvalue weighted by molar-refractivity contribution is 6.42. The van der Waals surface area contributed by atoms with Crippen LogP contribution in [0.15, 0.2) is 61.3 Å². The fourth-order valence-electron chi connectivity index (χ4n) is 5.40. The molecule has 0 saturated carbocycles. The number of piperidine rings is 3. The average Bonchev–Trinajstić information content (AvgIpc) is 2.89. The Morgan fingerprint density at radius 1 is 1.23 bits per heavy atom. The van der Waals surface area contributed by atoms with Crippen molar-refractivity contribution in [3.8, 4) is 5.75 Å². The van der Waals surface area contributed by atoms with Crippen LogP contribution >= 0.6 is 23.2 Å². The molecule has 3 aromatic rings. The van der Waals surface area contributed by atoms with Gasteiger partial charge in [0.2, 0.25) is 0 Å². The first-order valence-electron chi connectivity index (χ1n) is 11.7. The number of carbonyl (C=O) groups is 1. The molecule has 1 amide bonds. The van der Waals surface area contributed by atoms with Crippen LogP contribution in [0.1, 0.15) is 24.5 Å². The van der Waals surface area contributed by atoms with Crippen LogP contribution in [0.2, 0.25) is 10.0 Å². The van der Waals surface area contributed by atoms with E-state index in [2.05, 4.69) is 27.9 Å². The van der Waals surface area contributed by atoms with Gasteiger partial charge in [0, 0.05) is 29.4 Å². The Morgan fingerprint density at radius 2 is 2.09 bits per heavy atom. The lowest BCUT2D eigenvalue weighted by Gasteiger charge is -2.51. The van der Waals surface area contributed by atoms with Crippen LogP contribution < -0.4 is 10.1 Å². The van der Waals surface area contributed by atoms with E-state index in [1.807, 2.05) is 24.3 Å². The number of ether oxygens (including phenoxy) is 2. The van der Waals surface area contributed by atoms with Gasteiger partial charge in [-0.15, -0.1) is 6.58 Å². The molecule has 0 spiro atoms. The van der Waals surface area contributed by atoms with Gasteiger partial charge in [-0.25, -0.2) is 4.79 Å². The first-order valence-corrected chi connectivity index (χ1v) is 12.4. The second kappa shape index (κ2) is 10.1. The zero-order chi connectivity index (χ0) is 24.5. The number of aromatic nitrogens is 1. The van der Waals surface area contributed by atoms with Gasteiger partial charge in [0.1, 0.15) is 11.9 Å². The molecule has 1 unspecified atom stereocenters. The Hall–Kier alpha value is -2.80. The lowest BCUT2D eigenvalue weighted by molar-refractivity contribution is -0.0473. The van der Waals surface area contributed by atoms with Crippen molar-refractivity contribution in [2.75, 3.05) is 25.5 Å². The summed E-state index contributed by atoms with van der Waals surface area (Å²) in [4.78, 5) is 20.1. The number of pyridine rings is 1. The summed E-state index contributed by atoms with van der Waals surface area (Å²) in [6.45, 7) is 5.92. The van der Waals surface area contributed by atoms with Gasteiger partial charge in [0.05, 0.1) is 28.7 Å². The SMILES string of the molecule is C=C[C@H]1CN2CC[C@H]1C[C@H]2[C@H](OC(=O)Nc1ccc(Cl)c(Cl)c1)c1ccnc2ccc(OC)cc12. The maximum Gasteiger partial charge on any atom is 0.412 e. The van der Waals surface area contributed by atoms with Gasteiger partial charge in [-0.05, 0) is 73.7 Å². The molecule has 8 heteroatoms. The topological polar surface area (TPSA) is 63.7 Å². The molecule has 182 valence electrons. The molecule has 6 rings (SSSR count). The molecule has 0 aliphatic carbocycles. The smallest absolute Gasteiger partial charge is 0.412 e. The molecular weight excluding hydrogens is 485 g/mol. The summed E-state index contributed by atoms with van der Waals surface area (Å²) in [5, 5.41) is 4.49. The number of rotatable bonds is 6. The van der Waals surface area contributed by atoms with Crippen LogP contribution in [0.5, 0.6) is 5.75 Å². The molecule has 2 aromatic carbocycles. The molecule has 3 aliphatic heterocycles. The number of halogens is 2. The fraction of sp³-hybridized carbons (Fsp3) is 0.333. The van der Waals surface area contributed by atoms with E-state index in [0.29, 0.717) is 27.6 Å². The largest absolute Gasteiger partial charge is 0.497 e. The summed E-state index contributed by atoms with van der Waals surface area (Å²) in [5.41, 5.74) is 2.24. The first-order chi connectivity index (χ1) is 17.0. The molecular formula is C27H27Cl2N3O3. The van der Waals surface area contributed by atoms with Gasteiger partial charge in [-0.3, -0.25) is 15.2 Å². The summed E-state index contributed by atoms with van der Waals surface area (Å²) in [6.07, 6.45) is 4.83. The number of anilines is 1. The molecule has 35 heavy (non-hydrogen) atoms. The lowest BCUT2D eigenvalue weighted by atomic mass is 9.73. The van der Waals surface area contributed by atoms with E-state index in [1.165, 1.54) is 0 Å². The van der Waals surface area contributed by atoms with Gasteiger partial charge in [-0.1, -0.05) is 29.3 Å². The van der Waals surface area contributed by atoms with Crippen molar-refractivity contribution >= 4 is 45.9 Å². The van der Waals surface area contributed by atoms with E-state index in [4.69, 9.17) is 32.7 Å².